The van der Waals surface area contributed by atoms with E-state index in [2.05, 4.69) is 65.2 Å². The van der Waals surface area contributed by atoms with Gasteiger partial charge in [0.1, 0.15) is 5.84 Å². The predicted molar refractivity (Wildman–Crippen MR) is 103 cm³/mol. The second kappa shape index (κ2) is 9.11. The third-order valence-electron chi connectivity index (χ3n) is 4.40. The fraction of sp³-hybridized carbons (Fsp3) is 0.381. The van der Waals surface area contributed by atoms with Crippen molar-refractivity contribution in [2.45, 2.75) is 45.1 Å². The van der Waals surface area contributed by atoms with E-state index in [1.165, 1.54) is 37.7 Å². The lowest BCUT2D eigenvalue weighted by molar-refractivity contribution is 0.629. The molecule has 1 aliphatic rings. The van der Waals surface area contributed by atoms with Gasteiger partial charge in [0.25, 0.3) is 0 Å². The van der Waals surface area contributed by atoms with Gasteiger partial charge in [-0.25, -0.2) is 4.99 Å². The highest BCUT2D eigenvalue weighted by Gasteiger charge is 2.06. The third-order valence-corrected chi connectivity index (χ3v) is 4.40. The third kappa shape index (κ3) is 5.12. The number of fused-ring (bicyclic) bond motifs is 1. The average Bonchev–Trinajstić information content (AvgIpc) is 2.62. The number of benzene rings is 2. The van der Waals surface area contributed by atoms with Crippen LogP contribution in [0.25, 0.3) is 0 Å². The van der Waals surface area contributed by atoms with Gasteiger partial charge in [-0.05, 0) is 30.5 Å². The van der Waals surface area contributed by atoms with Crippen molar-refractivity contribution in [1.82, 2.24) is 5.32 Å². The van der Waals surface area contributed by atoms with Crippen LogP contribution in [0, 0.1) is 0 Å². The van der Waals surface area contributed by atoms with Crippen molar-refractivity contribution in [2.75, 3.05) is 11.9 Å². The van der Waals surface area contributed by atoms with Crippen molar-refractivity contribution in [3.8, 4) is 0 Å². The first-order valence-corrected chi connectivity index (χ1v) is 9.10. The summed E-state index contributed by atoms with van der Waals surface area (Å²) in [7, 11) is 0. The monoisotopic (exact) mass is 321 g/mol. The highest BCUT2D eigenvalue weighted by Crippen LogP contribution is 2.25. The Morgan fingerprint density at radius 3 is 2.50 bits per heavy atom. The Morgan fingerprint density at radius 2 is 1.58 bits per heavy atom. The van der Waals surface area contributed by atoms with Crippen LogP contribution in [0.3, 0.4) is 0 Å². The molecule has 0 saturated carbocycles. The minimum Gasteiger partial charge on any atom is -0.383 e. The Morgan fingerprint density at radius 1 is 0.833 bits per heavy atom. The van der Waals surface area contributed by atoms with Gasteiger partial charge in [-0.15, -0.1) is 0 Å². The summed E-state index contributed by atoms with van der Waals surface area (Å²) in [5, 5.41) is 7.09. The van der Waals surface area contributed by atoms with Crippen LogP contribution in [0.15, 0.2) is 59.6 Å². The molecule has 3 nitrogen and oxygen atoms in total. The van der Waals surface area contributed by atoms with E-state index in [-0.39, 0.29) is 0 Å². The normalized spacial score (nSPS) is 18.1. The van der Waals surface area contributed by atoms with Gasteiger partial charge in [0.05, 0.1) is 11.4 Å². The molecule has 0 bridgehead atoms. The molecule has 2 aromatic carbocycles. The van der Waals surface area contributed by atoms with E-state index in [4.69, 9.17) is 4.99 Å². The van der Waals surface area contributed by atoms with Crippen LogP contribution >= 0.6 is 0 Å². The number of hydrogen-bond acceptors (Lipinski definition) is 3. The molecule has 0 unspecified atom stereocenters. The van der Waals surface area contributed by atoms with Crippen molar-refractivity contribution < 1.29 is 0 Å². The number of rotatable bonds is 2. The largest absolute Gasteiger partial charge is 0.383 e. The SMILES string of the molecule is c1ccc(CN/C2=N/c3ccccc3NCCCCCCC2)cc1. The molecule has 1 heterocycles. The highest BCUT2D eigenvalue weighted by molar-refractivity contribution is 5.86. The van der Waals surface area contributed by atoms with Gasteiger partial charge < -0.3 is 10.6 Å². The molecule has 0 atom stereocenters. The van der Waals surface area contributed by atoms with E-state index in [0.29, 0.717) is 0 Å². The first-order valence-electron chi connectivity index (χ1n) is 9.10. The van der Waals surface area contributed by atoms with Crippen molar-refractivity contribution >= 4 is 17.2 Å². The second-order valence-corrected chi connectivity index (χ2v) is 6.36. The van der Waals surface area contributed by atoms with Gasteiger partial charge in [0.15, 0.2) is 0 Å². The Bertz CT molecular complexity index is 649. The quantitative estimate of drug-likeness (QED) is 0.790. The molecule has 0 aliphatic carbocycles. The molecule has 3 rings (SSSR count). The van der Waals surface area contributed by atoms with Crippen LogP contribution < -0.4 is 10.6 Å². The van der Waals surface area contributed by atoms with Crippen molar-refractivity contribution in [2.24, 2.45) is 4.99 Å². The van der Waals surface area contributed by atoms with Gasteiger partial charge in [0, 0.05) is 19.5 Å². The molecular formula is C21H27N3. The summed E-state index contributed by atoms with van der Waals surface area (Å²) in [5.74, 6) is 1.09. The predicted octanol–water partition coefficient (Wildman–Crippen LogP) is 5.27. The van der Waals surface area contributed by atoms with Crippen LogP contribution in [-0.2, 0) is 6.54 Å². The molecule has 1 aliphatic heterocycles. The van der Waals surface area contributed by atoms with Crippen LogP contribution in [0.4, 0.5) is 11.4 Å². The Balaban J connectivity index is 1.76. The molecule has 2 aromatic rings. The summed E-state index contributed by atoms with van der Waals surface area (Å²) in [6.07, 6.45) is 7.36. The number of amidine groups is 1. The number of aliphatic imine (C=N–C) groups is 1. The lowest BCUT2D eigenvalue weighted by Crippen LogP contribution is -2.23. The number of hydrogen-bond donors (Lipinski definition) is 2. The molecule has 0 amide bonds. The summed E-state index contributed by atoms with van der Waals surface area (Å²) in [6, 6.07) is 18.9. The molecule has 0 radical (unpaired) electrons. The fourth-order valence-electron chi connectivity index (χ4n) is 3.02. The van der Waals surface area contributed by atoms with E-state index in [9.17, 15) is 0 Å². The Labute approximate surface area is 145 Å². The van der Waals surface area contributed by atoms with Gasteiger partial charge in [-0.3, -0.25) is 0 Å². The van der Waals surface area contributed by atoms with E-state index in [1.54, 1.807) is 0 Å². The lowest BCUT2D eigenvalue weighted by Gasteiger charge is -2.14. The summed E-state index contributed by atoms with van der Waals surface area (Å²) in [6.45, 7) is 1.86. The zero-order valence-corrected chi connectivity index (χ0v) is 14.3. The summed E-state index contributed by atoms with van der Waals surface area (Å²) < 4.78 is 0. The van der Waals surface area contributed by atoms with Crippen LogP contribution in [0.2, 0.25) is 0 Å². The standard InChI is InChI=1S/C21H27N3/c1-2-7-15-21(23-17-18-11-5-4-6-12-18)24-20-14-9-8-13-19(20)22-16-10-3-1/h4-6,8-9,11-14,22H,1-3,7,10,15-17H2,(H,23,24). The molecule has 126 valence electrons. The smallest absolute Gasteiger partial charge is 0.103 e. The van der Waals surface area contributed by atoms with E-state index in [1.807, 2.05) is 0 Å². The maximum atomic E-state index is 4.93. The van der Waals surface area contributed by atoms with Crippen molar-refractivity contribution in [3.63, 3.8) is 0 Å². The number of nitrogens with one attached hydrogen (secondary N) is 2. The maximum absolute atomic E-state index is 4.93. The van der Waals surface area contributed by atoms with Crippen LogP contribution in [-0.4, -0.2) is 12.4 Å². The molecule has 2 N–H and O–H groups in total. The molecule has 24 heavy (non-hydrogen) atoms. The van der Waals surface area contributed by atoms with Crippen molar-refractivity contribution in [1.29, 1.82) is 0 Å². The molecular weight excluding hydrogens is 294 g/mol. The summed E-state index contributed by atoms with van der Waals surface area (Å²) >= 11 is 0. The summed E-state index contributed by atoms with van der Waals surface area (Å²) in [5.41, 5.74) is 3.46. The van der Waals surface area contributed by atoms with Gasteiger partial charge >= 0.3 is 0 Å². The Kier molecular flexibility index (Phi) is 6.29. The second-order valence-electron chi connectivity index (χ2n) is 6.36. The van der Waals surface area contributed by atoms with Gasteiger partial charge in [0.2, 0.25) is 0 Å². The van der Waals surface area contributed by atoms with Crippen LogP contribution in [0.5, 0.6) is 0 Å². The number of anilines is 1. The summed E-state index contributed by atoms with van der Waals surface area (Å²) in [4.78, 5) is 4.93. The number of para-hydroxylation sites is 2. The molecule has 0 fully saturated rings. The first kappa shape index (κ1) is 16.6. The van der Waals surface area contributed by atoms with Crippen molar-refractivity contribution in [3.05, 3.63) is 60.2 Å². The fourth-order valence-corrected chi connectivity index (χ4v) is 3.02. The zero-order valence-electron chi connectivity index (χ0n) is 14.3. The first-order chi connectivity index (χ1) is 11.9. The highest BCUT2D eigenvalue weighted by atomic mass is 15.0. The molecule has 0 aromatic heterocycles. The number of nitrogens with zero attached hydrogens (tertiary/aromatic N) is 1. The van der Waals surface area contributed by atoms with E-state index in [0.717, 1.165) is 36.7 Å². The van der Waals surface area contributed by atoms with Crippen LogP contribution in [0.1, 0.15) is 44.1 Å². The topological polar surface area (TPSA) is 36.4 Å². The molecule has 0 saturated heterocycles. The maximum Gasteiger partial charge on any atom is 0.103 e. The van der Waals surface area contributed by atoms with Gasteiger partial charge in [-0.2, -0.15) is 0 Å². The molecule has 3 heteroatoms. The lowest BCUT2D eigenvalue weighted by atomic mass is 10.1. The minimum atomic E-state index is 0.829. The zero-order chi connectivity index (χ0) is 16.5. The van der Waals surface area contributed by atoms with Gasteiger partial charge in [-0.1, -0.05) is 61.7 Å². The Hall–Kier alpha value is -2.29. The minimum absolute atomic E-state index is 0.829. The van der Waals surface area contributed by atoms with E-state index >= 15 is 0 Å². The molecule has 0 spiro atoms. The van der Waals surface area contributed by atoms with E-state index < -0.39 is 0 Å². The average molecular weight is 321 g/mol.